The number of para-hydroxylation sites is 1. The third-order valence-corrected chi connectivity index (χ3v) is 2.26. The third-order valence-electron chi connectivity index (χ3n) is 2.26. The first-order valence-corrected chi connectivity index (χ1v) is 4.52. The number of ether oxygens (including phenoxy) is 1. The van der Waals surface area contributed by atoms with E-state index in [9.17, 15) is 4.79 Å². The average Bonchev–Trinajstić information content (AvgIpc) is 2.19. The molecule has 0 bridgehead atoms. The lowest BCUT2D eigenvalue weighted by atomic mass is 10.1. The predicted molar refractivity (Wildman–Crippen MR) is 53.1 cm³/mol. The molecule has 1 heterocycles. The molecule has 0 saturated heterocycles. The van der Waals surface area contributed by atoms with Gasteiger partial charge in [-0.2, -0.15) is 0 Å². The first-order chi connectivity index (χ1) is 6.72. The summed E-state index contributed by atoms with van der Waals surface area (Å²) in [7, 11) is 0. The molecular weight excluding hydrogens is 180 g/mol. The van der Waals surface area contributed by atoms with Crippen molar-refractivity contribution in [3.05, 3.63) is 23.8 Å². The van der Waals surface area contributed by atoms with Crippen LogP contribution in [0.4, 0.5) is 5.69 Å². The van der Waals surface area contributed by atoms with Crippen molar-refractivity contribution >= 4 is 11.7 Å². The van der Waals surface area contributed by atoms with Gasteiger partial charge < -0.3 is 15.8 Å². The Balaban J connectivity index is 2.46. The maximum absolute atomic E-state index is 11.2. The van der Waals surface area contributed by atoms with Gasteiger partial charge in [-0.1, -0.05) is 12.1 Å². The van der Waals surface area contributed by atoms with Crippen LogP contribution in [0, 0.1) is 0 Å². The van der Waals surface area contributed by atoms with Crippen molar-refractivity contribution in [3.8, 4) is 5.75 Å². The summed E-state index contributed by atoms with van der Waals surface area (Å²) in [6, 6.07) is 5.18. The largest absolute Gasteiger partial charge is 0.423 e. The quantitative estimate of drug-likeness (QED) is 0.511. The first kappa shape index (κ1) is 9.02. The summed E-state index contributed by atoms with van der Waals surface area (Å²) in [6.07, 6.45) is 0. The van der Waals surface area contributed by atoms with Crippen molar-refractivity contribution < 1.29 is 9.53 Å². The van der Waals surface area contributed by atoms with E-state index in [0.29, 0.717) is 12.3 Å². The highest BCUT2D eigenvalue weighted by Crippen LogP contribution is 2.32. The van der Waals surface area contributed by atoms with Crippen molar-refractivity contribution in [3.63, 3.8) is 0 Å². The van der Waals surface area contributed by atoms with Crippen LogP contribution in [0.2, 0.25) is 0 Å². The van der Waals surface area contributed by atoms with Crippen LogP contribution in [0.1, 0.15) is 12.5 Å². The summed E-state index contributed by atoms with van der Waals surface area (Å²) in [5.74, 6) is 0.308. The molecule has 0 spiro atoms. The number of esters is 1. The minimum atomic E-state index is -0.310. The second-order valence-corrected chi connectivity index (χ2v) is 3.28. The lowest BCUT2D eigenvalue weighted by molar-refractivity contribution is -0.135. The summed E-state index contributed by atoms with van der Waals surface area (Å²) >= 11 is 0. The number of hydrogen-bond acceptors (Lipinski definition) is 4. The fourth-order valence-electron chi connectivity index (χ4n) is 1.47. The molecule has 4 nitrogen and oxygen atoms in total. The van der Waals surface area contributed by atoms with Gasteiger partial charge in [-0.25, -0.2) is 4.79 Å². The topological polar surface area (TPSA) is 64.3 Å². The van der Waals surface area contributed by atoms with Gasteiger partial charge in [0.15, 0.2) is 5.75 Å². The van der Waals surface area contributed by atoms with Crippen molar-refractivity contribution in [2.24, 2.45) is 5.73 Å². The van der Waals surface area contributed by atoms with E-state index in [1.165, 1.54) is 0 Å². The molecule has 0 aliphatic carbocycles. The van der Waals surface area contributed by atoms with Crippen LogP contribution < -0.4 is 15.8 Å². The van der Waals surface area contributed by atoms with E-state index in [0.717, 1.165) is 11.3 Å². The normalized spacial score (nSPS) is 19.6. The Morgan fingerprint density at radius 1 is 1.57 bits per heavy atom. The van der Waals surface area contributed by atoms with Gasteiger partial charge in [0.2, 0.25) is 0 Å². The smallest absolute Gasteiger partial charge is 0.333 e. The minimum Gasteiger partial charge on any atom is -0.423 e. The molecule has 0 aromatic heterocycles. The zero-order chi connectivity index (χ0) is 10.1. The minimum absolute atomic E-state index is 0.258. The number of anilines is 1. The fraction of sp³-hybridized carbons (Fsp3) is 0.300. The number of benzene rings is 1. The standard InChI is InChI=1S/C10H12N2O2/c1-6-10(13)14-8-4-2-3-7(5-11)9(8)12-6/h2-4,6,12H,5,11H2,1H3. The van der Waals surface area contributed by atoms with Gasteiger partial charge >= 0.3 is 5.97 Å². The van der Waals surface area contributed by atoms with Crippen LogP contribution in [0.25, 0.3) is 0 Å². The van der Waals surface area contributed by atoms with Crippen molar-refractivity contribution in [2.75, 3.05) is 5.32 Å². The summed E-state index contributed by atoms with van der Waals surface area (Å²) in [4.78, 5) is 11.2. The van der Waals surface area contributed by atoms with Crippen molar-refractivity contribution in [2.45, 2.75) is 19.5 Å². The molecule has 1 aliphatic heterocycles. The molecule has 0 saturated carbocycles. The Morgan fingerprint density at radius 3 is 3.07 bits per heavy atom. The molecule has 1 aromatic carbocycles. The van der Waals surface area contributed by atoms with E-state index >= 15 is 0 Å². The molecule has 4 heteroatoms. The van der Waals surface area contributed by atoms with Crippen LogP contribution in [-0.4, -0.2) is 12.0 Å². The highest BCUT2D eigenvalue weighted by Gasteiger charge is 2.24. The number of hydrogen-bond donors (Lipinski definition) is 2. The van der Waals surface area contributed by atoms with Gasteiger partial charge in [0, 0.05) is 6.54 Å². The summed E-state index contributed by atoms with van der Waals surface area (Å²) < 4.78 is 5.13. The Labute approximate surface area is 82.1 Å². The maximum Gasteiger partial charge on any atom is 0.333 e. The van der Waals surface area contributed by atoms with Gasteiger partial charge in [0.05, 0.1) is 5.69 Å². The Morgan fingerprint density at radius 2 is 2.36 bits per heavy atom. The Kier molecular flexibility index (Phi) is 2.13. The van der Waals surface area contributed by atoms with Gasteiger partial charge in [0.25, 0.3) is 0 Å². The molecule has 0 radical (unpaired) electrons. The number of carbonyl (C=O) groups excluding carboxylic acids is 1. The van der Waals surface area contributed by atoms with Gasteiger partial charge in [-0.3, -0.25) is 0 Å². The predicted octanol–water partition coefficient (Wildman–Crippen LogP) is 0.865. The summed E-state index contributed by atoms with van der Waals surface area (Å²) in [5, 5.41) is 3.07. The van der Waals surface area contributed by atoms with E-state index in [2.05, 4.69) is 5.32 Å². The van der Waals surface area contributed by atoms with Gasteiger partial charge in [-0.05, 0) is 18.6 Å². The molecule has 1 aliphatic rings. The zero-order valence-electron chi connectivity index (χ0n) is 7.91. The zero-order valence-corrected chi connectivity index (χ0v) is 7.91. The van der Waals surface area contributed by atoms with Gasteiger partial charge in [0.1, 0.15) is 6.04 Å². The monoisotopic (exact) mass is 192 g/mol. The highest BCUT2D eigenvalue weighted by atomic mass is 16.5. The molecule has 3 N–H and O–H groups in total. The van der Waals surface area contributed by atoms with Crippen LogP contribution in [-0.2, 0) is 11.3 Å². The van der Waals surface area contributed by atoms with E-state index in [1.807, 2.05) is 12.1 Å². The average molecular weight is 192 g/mol. The van der Waals surface area contributed by atoms with E-state index < -0.39 is 0 Å². The van der Waals surface area contributed by atoms with Crippen molar-refractivity contribution in [1.82, 2.24) is 0 Å². The Hall–Kier alpha value is -1.55. The second kappa shape index (κ2) is 3.31. The molecule has 14 heavy (non-hydrogen) atoms. The SMILES string of the molecule is CC1Nc2c(CN)cccc2OC1=O. The summed E-state index contributed by atoms with van der Waals surface area (Å²) in [5.41, 5.74) is 7.37. The van der Waals surface area contributed by atoms with Crippen LogP contribution in [0.5, 0.6) is 5.75 Å². The van der Waals surface area contributed by atoms with Crippen LogP contribution in [0.15, 0.2) is 18.2 Å². The number of carbonyl (C=O) groups is 1. The number of nitrogens with one attached hydrogen (secondary N) is 1. The van der Waals surface area contributed by atoms with Crippen LogP contribution >= 0.6 is 0 Å². The second-order valence-electron chi connectivity index (χ2n) is 3.28. The lowest BCUT2D eigenvalue weighted by Crippen LogP contribution is -2.35. The fourth-order valence-corrected chi connectivity index (χ4v) is 1.47. The molecule has 74 valence electrons. The highest BCUT2D eigenvalue weighted by molar-refractivity contribution is 5.87. The first-order valence-electron chi connectivity index (χ1n) is 4.52. The molecule has 1 unspecified atom stereocenters. The number of fused-ring (bicyclic) bond motifs is 1. The molecule has 1 atom stereocenters. The van der Waals surface area contributed by atoms with E-state index in [-0.39, 0.29) is 12.0 Å². The van der Waals surface area contributed by atoms with Crippen molar-refractivity contribution in [1.29, 1.82) is 0 Å². The van der Waals surface area contributed by atoms with Gasteiger partial charge in [-0.15, -0.1) is 0 Å². The molecule has 0 amide bonds. The van der Waals surface area contributed by atoms with Crippen LogP contribution in [0.3, 0.4) is 0 Å². The number of rotatable bonds is 1. The molecule has 2 rings (SSSR count). The molecule has 1 aromatic rings. The Bertz CT molecular complexity index is 376. The number of nitrogens with two attached hydrogens (primary N) is 1. The lowest BCUT2D eigenvalue weighted by Gasteiger charge is -2.24. The van der Waals surface area contributed by atoms with E-state index in [4.69, 9.17) is 10.5 Å². The van der Waals surface area contributed by atoms with E-state index in [1.54, 1.807) is 13.0 Å². The molecular formula is C10H12N2O2. The maximum atomic E-state index is 11.2. The molecule has 0 fully saturated rings. The third kappa shape index (κ3) is 1.33. The summed E-state index contributed by atoms with van der Waals surface area (Å²) in [6.45, 7) is 2.19.